The van der Waals surface area contributed by atoms with E-state index in [0.29, 0.717) is 5.02 Å². The van der Waals surface area contributed by atoms with Crippen LogP contribution in [0.25, 0.3) is 6.08 Å². The van der Waals surface area contributed by atoms with Crippen molar-refractivity contribution in [1.29, 1.82) is 0 Å². The van der Waals surface area contributed by atoms with Crippen LogP contribution in [0.1, 0.15) is 37.3 Å². The van der Waals surface area contributed by atoms with Crippen LogP contribution in [0.2, 0.25) is 5.02 Å². The summed E-state index contributed by atoms with van der Waals surface area (Å²) in [6, 6.07) is 5.89. The summed E-state index contributed by atoms with van der Waals surface area (Å²) in [4.78, 5) is 10.7. The first kappa shape index (κ1) is 13.1. The van der Waals surface area contributed by atoms with Gasteiger partial charge in [-0.05, 0) is 37.8 Å². The fraction of sp³-hybridized carbons (Fsp3) is 0.467. The quantitative estimate of drug-likeness (QED) is 0.782. The van der Waals surface area contributed by atoms with Gasteiger partial charge in [-0.2, -0.15) is 4.89 Å². The van der Waals surface area contributed by atoms with Crippen molar-refractivity contribution in [1.82, 2.24) is 0 Å². The van der Waals surface area contributed by atoms with Crippen molar-refractivity contribution >= 4 is 17.7 Å². The standard InChI is InChI=1S/C15H17ClO3/c1-3-5-11-6-7-12(13(16)10-11)15(17-2)14(18-19-15)8-4-9-14/h3,5-7,10H,4,8-9H2,1-2H3/b5-3+. The Kier molecular flexibility index (Phi) is 3.18. The highest BCUT2D eigenvalue weighted by molar-refractivity contribution is 6.31. The van der Waals surface area contributed by atoms with Gasteiger partial charge in [0.15, 0.2) is 5.60 Å². The van der Waals surface area contributed by atoms with Crippen LogP contribution < -0.4 is 0 Å². The molecule has 19 heavy (non-hydrogen) atoms. The molecule has 1 aliphatic carbocycles. The molecule has 1 aromatic carbocycles. The fourth-order valence-electron chi connectivity index (χ4n) is 2.86. The molecule has 2 fully saturated rings. The van der Waals surface area contributed by atoms with Crippen LogP contribution in [-0.2, 0) is 20.3 Å². The smallest absolute Gasteiger partial charge is 0.261 e. The van der Waals surface area contributed by atoms with Gasteiger partial charge < -0.3 is 4.74 Å². The zero-order valence-electron chi connectivity index (χ0n) is 11.1. The lowest BCUT2D eigenvalue weighted by Crippen LogP contribution is -2.69. The van der Waals surface area contributed by atoms with Gasteiger partial charge in [0, 0.05) is 17.7 Å². The van der Waals surface area contributed by atoms with E-state index in [1.165, 1.54) is 0 Å². The molecule has 1 saturated heterocycles. The van der Waals surface area contributed by atoms with Crippen molar-refractivity contribution in [3.05, 3.63) is 40.4 Å². The second-order valence-corrected chi connectivity index (χ2v) is 5.48. The zero-order chi connectivity index (χ0) is 13.5. The van der Waals surface area contributed by atoms with Gasteiger partial charge >= 0.3 is 0 Å². The first-order valence-corrected chi connectivity index (χ1v) is 6.90. The van der Waals surface area contributed by atoms with E-state index < -0.39 is 5.79 Å². The highest BCUT2D eigenvalue weighted by Crippen LogP contribution is 2.60. The maximum atomic E-state index is 6.40. The molecule has 1 unspecified atom stereocenters. The average Bonchev–Trinajstić information content (AvgIpc) is 2.30. The molecule has 4 heteroatoms. The SMILES string of the molecule is C/C=C/c1ccc(C2(OC)OOC23CCC3)c(Cl)c1. The third-order valence-corrected chi connectivity index (χ3v) is 4.39. The Morgan fingerprint density at radius 1 is 1.32 bits per heavy atom. The summed E-state index contributed by atoms with van der Waals surface area (Å²) in [7, 11) is 1.64. The topological polar surface area (TPSA) is 27.7 Å². The van der Waals surface area contributed by atoms with Crippen LogP contribution in [0.5, 0.6) is 0 Å². The first-order chi connectivity index (χ1) is 9.17. The zero-order valence-corrected chi connectivity index (χ0v) is 11.9. The van der Waals surface area contributed by atoms with E-state index in [4.69, 9.17) is 26.1 Å². The fourth-order valence-corrected chi connectivity index (χ4v) is 3.17. The first-order valence-electron chi connectivity index (χ1n) is 6.52. The summed E-state index contributed by atoms with van der Waals surface area (Å²) in [6.45, 7) is 1.98. The molecular weight excluding hydrogens is 264 g/mol. The highest BCUT2D eigenvalue weighted by Gasteiger charge is 2.69. The molecule has 1 aliphatic heterocycles. The minimum atomic E-state index is -0.850. The molecule has 1 saturated carbocycles. The van der Waals surface area contributed by atoms with E-state index in [9.17, 15) is 0 Å². The molecule has 0 amide bonds. The Bertz CT molecular complexity index is 513. The van der Waals surface area contributed by atoms with Crippen LogP contribution in [0.3, 0.4) is 0 Å². The number of hydrogen-bond acceptors (Lipinski definition) is 3. The van der Waals surface area contributed by atoms with Crippen LogP contribution in [0.15, 0.2) is 24.3 Å². The Labute approximate surface area is 118 Å². The van der Waals surface area contributed by atoms with Crippen molar-refractivity contribution < 1.29 is 14.5 Å². The molecule has 2 aliphatic rings. The summed E-state index contributed by atoms with van der Waals surface area (Å²) in [5.41, 5.74) is 1.55. The van der Waals surface area contributed by atoms with Crippen molar-refractivity contribution in [3.63, 3.8) is 0 Å². The molecule has 1 atom stereocenters. The van der Waals surface area contributed by atoms with Gasteiger partial charge in [0.05, 0.1) is 0 Å². The molecule has 1 aromatic rings. The maximum absolute atomic E-state index is 6.40. The molecule has 0 bridgehead atoms. The minimum absolute atomic E-state index is 0.354. The summed E-state index contributed by atoms with van der Waals surface area (Å²) in [5, 5.41) is 0.645. The summed E-state index contributed by atoms with van der Waals surface area (Å²) in [5.74, 6) is -0.850. The lowest BCUT2D eigenvalue weighted by atomic mass is 9.70. The highest BCUT2D eigenvalue weighted by atomic mass is 35.5. The van der Waals surface area contributed by atoms with Gasteiger partial charge in [0.1, 0.15) is 0 Å². The predicted octanol–water partition coefficient (Wildman–Crippen LogP) is 4.06. The van der Waals surface area contributed by atoms with E-state index in [1.54, 1.807) is 7.11 Å². The summed E-state index contributed by atoms with van der Waals surface area (Å²) < 4.78 is 5.65. The lowest BCUT2D eigenvalue weighted by Gasteiger charge is -2.59. The predicted molar refractivity (Wildman–Crippen MR) is 73.6 cm³/mol. The molecule has 1 spiro atoms. The van der Waals surface area contributed by atoms with E-state index in [1.807, 2.05) is 37.3 Å². The van der Waals surface area contributed by atoms with Crippen molar-refractivity contribution in [3.8, 4) is 0 Å². The number of ether oxygens (including phenoxy) is 1. The second-order valence-electron chi connectivity index (χ2n) is 5.07. The number of benzene rings is 1. The van der Waals surface area contributed by atoms with E-state index in [0.717, 1.165) is 30.4 Å². The third kappa shape index (κ3) is 1.69. The number of hydrogen-bond donors (Lipinski definition) is 0. The molecule has 1 heterocycles. The largest absolute Gasteiger partial charge is 0.345 e. The van der Waals surface area contributed by atoms with Crippen molar-refractivity contribution in [2.75, 3.05) is 7.11 Å². The number of allylic oxidation sites excluding steroid dienone is 1. The Hall–Kier alpha value is -0.870. The van der Waals surface area contributed by atoms with Gasteiger partial charge in [0.25, 0.3) is 5.79 Å². The minimum Gasteiger partial charge on any atom is -0.345 e. The van der Waals surface area contributed by atoms with Gasteiger partial charge in [-0.25, -0.2) is 4.89 Å². The Morgan fingerprint density at radius 3 is 2.53 bits per heavy atom. The molecule has 0 aromatic heterocycles. The van der Waals surface area contributed by atoms with Crippen molar-refractivity contribution in [2.45, 2.75) is 37.6 Å². The van der Waals surface area contributed by atoms with E-state index in [2.05, 4.69) is 0 Å². The third-order valence-electron chi connectivity index (χ3n) is 4.07. The Balaban J connectivity index is 2.01. The second kappa shape index (κ2) is 4.60. The lowest BCUT2D eigenvalue weighted by molar-refractivity contribution is -0.631. The van der Waals surface area contributed by atoms with Crippen LogP contribution >= 0.6 is 11.6 Å². The van der Waals surface area contributed by atoms with E-state index >= 15 is 0 Å². The van der Waals surface area contributed by atoms with Gasteiger partial charge in [0.2, 0.25) is 0 Å². The monoisotopic (exact) mass is 280 g/mol. The number of halogens is 1. The molecular formula is C15H17ClO3. The number of rotatable bonds is 3. The van der Waals surface area contributed by atoms with Crippen LogP contribution in [-0.4, -0.2) is 12.7 Å². The maximum Gasteiger partial charge on any atom is 0.261 e. The molecule has 0 N–H and O–H groups in total. The van der Waals surface area contributed by atoms with Gasteiger partial charge in [-0.1, -0.05) is 35.9 Å². The average molecular weight is 281 g/mol. The van der Waals surface area contributed by atoms with Crippen LogP contribution in [0.4, 0.5) is 0 Å². The normalized spacial score (nSPS) is 28.4. The van der Waals surface area contributed by atoms with Crippen LogP contribution in [0, 0.1) is 0 Å². The summed E-state index contributed by atoms with van der Waals surface area (Å²) in [6.07, 6.45) is 6.99. The molecule has 3 rings (SSSR count). The van der Waals surface area contributed by atoms with Gasteiger partial charge in [-0.15, -0.1) is 0 Å². The van der Waals surface area contributed by atoms with E-state index in [-0.39, 0.29) is 5.60 Å². The van der Waals surface area contributed by atoms with Crippen molar-refractivity contribution in [2.24, 2.45) is 0 Å². The Morgan fingerprint density at radius 2 is 2.11 bits per heavy atom. The molecule has 3 nitrogen and oxygen atoms in total. The molecule has 0 radical (unpaired) electrons. The van der Waals surface area contributed by atoms with Gasteiger partial charge in [-0.3, -0.25) is 0 Å². The number of methoxy groups -OCH3 is 1. The molecule has 102 valence electrons. The summed E-state index contributed by atoms with van der Waals surface area (Å²) >= 11 is 6.40.